The molecular weight excluding hydrogens is 288 g/mol. The fourth-order valence-corrected chi connectivity index (χ4v) is 2.50. The van der Waals surface area contributed by atoms with E-state index in [4.69, 9.17) is 4.52 Å². The van der Waals surface area contributed by atoms with Crippen LogP contribution in [-0.4, -0.2) is 40.7 Å². The van der Waals surface area contributed by atoms with Gasteiger partial charge in [-0.3, -0.25) is 4.90 Å². The van der Waals surface area contributed by atoms with E-state index < -0.39 is 0 Å². The van der Waals surface area contributed by atoms with Crippen molar-refractivity contribution in [2.45, 2.75) is 25.9 Å². The molecule has 1 aliphatic heterocycles. The van der Waals surface area contributed by atoms with Crippen LogP contribution in [0.2, 0.25) is 0 Å². The molecule has 0 bridgehead atoms. The van der Waals surface area contributed by atoms with E-state index >= 15 is 0 Å². The van der Waals surface area contributed by atoms with E-state index in [0.29, 0.717) is 18.4 Å². The number of nitrogens with one attached hydrogen (secondary N) is 1. The van der Waals surface area contributed by atoms with Crippen molar-refractivity contribution in [1.29, 1.82) is 0 Å². The summed E-state index contributed by atoms with van der Waals surface area (Å²) in [6, 6.07) is 10.7. The maximum absolute atomic E-state index is 5.34. The van der Waals surface area contributed by atoms with Crippen LogP contribution >= 0.6 is 12.4 Å². The van der Waals surface area contributed by atoms with E-state index in [1.807, 2.05) is 18.2 Å². The van der Waals surface area contributed by atoms with E-state index in [2.05, 4.69) is 39.4 Å². The molecule has 5 nitrogen and oxygen atoms in total. The molecule has 21 heavy (non-hydrogen) atoms. The Labute approximate surface area is 131 Å². The average molecular weight is 309 g/mol. The molecule has 0 amide bonds. The lowest BCUT2D eigenvalue weighted by atomic mass is 10.1. The second-order valence-corrected chi connectivity index (χ2v) is 5.29. The summed E-state index contributed by atoms with van der Waals surface area (Å²) in [4.78, 5) is 6.88. The zero-order valence-electron chi connectivity index (χ0n) is 12.2. The van der Waals surface area contributed by atoms with Gasteiger partial charge >= 0.3 is 0 Å². The number of halogens is 1. The summed E-state index contributed by atoms with van der Waals surface area (Å²) in [5, 5.41) is 7.47. The number of piperazine rings is 1. The first-order chi connectivity index (χ1) is 9.81. The van der Waals surface area contributed by atoms with Crippen LogP contribution in [0.5, 0.6) is 0 Å². The van der Waals surface area contributed by atoms with Gasteiger partial charge in [-0.15, -0.1) is 12.4 Å². The van der Waals surface area contributed by atoms with Crippen LogP contribution < -0.4 is 5.32 Å². The fraction of sp³-hybridized carbons (Fsp3) is 0.467. The normalized spacial score (nSPS) is 19.2. The predicted molar refractivity (Wildman–Crippen MR) is 83.5 cm³/mol. The van der Waals surface area contributed by atoms with Crippen LogP contribution in [0.3, 0.4) is 0 Å². The predicted octanol–water partition coefficient (Wildman–Crippen LogP) is 1.88. The van der Waals surface area contributed by atoms with Crippen molar-refractivity contribution in [3.63, 3.8) is 0 Å². The minimum Gasteiger partial charge on any atom is -0.339 e. The average Bonchev–Trinajstić information content (AvgIpc) is 2.90. The van der Waals surface area contributed by atoms with Crippen molar-refractivity contribution in [1.82, 2.24) is 20.4 Å². The summed E-state index contributed by atoms with van der Waals surface area (Å²) in [5.41, 5.74) is 1.19. The van der Waals surface area contributed by atoms with Crippen LogP contribution in [0.25, 0.3) is 0 Å². The molecule has 0 radical (unpaired) electrons. The largest absolute Gasteiger partial charge is 0.339 e. The number of benzene rings is 1. The Morgan fingerprint density at radius 1 is 1.33 bits per heavy atom. The maximum atomic E-state index is 5.34. The highest BCUT2D eigenvalue weighted by atomic mass is 35.5. The smallest absolute Gasteiger partial charge is 0.231 e. The first-order valence-electron chi connectivity index (χ1n) is 7.11. The van der Waals surface area contributed by atoms with Crippen LogP contribution in [0.1, 0.15) is 24.2 Å². The van der Waals surface area contributed by atoms with E-state index in [0.717, 1.165) is 32.0 Å². The minimum absolute atomic E-state index is 0. The summed E-state index contributed by atoms with van der Waals surface area (Å²) >= 11 is 0. The zero-order valence-corrected chi connectivity index (χ0v) is 13.0. The number of aromatic nitrogens is 2. The molecule has 0 aliphatic carbocycles. The Balaban J connectivity index is 0.00000161. The standard InChI is InChI=1S/C15H20N4O.ClH/c1-12-10-16-7-8-19(12)11-14-17-15(20-18-14)9-13-5-3-2-4-6-13;/h2-6,12,16H,7-11H2,1H3;1H/t12-;/m1./s1. The number of nitrogens with zero attached hydrogens (tertiary/aromatic N) is 3. The molecule has 2 aromatic rings. The Morgan fingerprint density at radius 3 is 2.90 bits per heavy atom. The fourth-order valence-electron chi connectivity index (χ4n) is 2.50. The van der Waals surface area contributed by atoms with Gasteiger partial charge in [-0.05, 0) is 12.5 Å². The van der Waals surface area contributed by atoms with Gasteiger partial charge in [0.1, 0.15) is 0 Å². The van der Waals surface area contributed by atoms with Crippen LogP contribution in [0.15, 0.2) is 34.9 Å². The molecule has 1 N–H and O–H groups in total. The van der Waals surface area contributed by atoms with Crippen molar-refractivity contribution < 1.29 is 4.52 Å². The first-order valence-corrected chi connectivity index (χ1v) is 7.11. The lowest BCUT2D eigenvalue weighted by molar-refractivity contribution is 0.160. The van der Waals surface area contributed by atoms with Gasteiger partial charge in [0, 0.05) is 25.7 Å². The third-order valence-corrected chi connectivity index (χ3v) is 3.69. The second-order valence-electron chi connectivity index (χ2n) is 5.29. The molecule has 1 atom stereocenters. The summed E-state index contributed by atoms with van der Waals surface area (Å²) in [6.45, 7) is 6.07. The Bertz CT molecular complexity index is 546. The summed E-state index contributed by atoms with van der Waals surface area (Å²) in [6.07, 6.45) is 0.699. The summed E-state index contributed by atoms with van der Waals surface area (Å²) in [5.74, 6) is 1.47. The van der Waals surface area contributed by atoms with Crippen LogP contribution in [0.4, 0.5) is 0 Å². The van der Waals surface area contributed by atoms with E-state index in [9.17, 15) is 0 Å². The minimum atomic E-state index is 0. The van der Waals surface area contributed by atoms with Crippen LogP contribution in [-0.2, 0) is 13.0 Å². The van der Waals surface area contributed by atoms with Crippen molar-refractivity contribution in [2.24, 2.45) is 0 Å². The quantitative estimate of drug-likeness (QED) is 0.934. The van der Waals surface area contributed by atoms with E-state index in [1.54, 1.807) is 0 Å². The number of hydrogen-bond donors (Lipinski definition) is 1. The SMILES string of the molecule is C[C@@H]1CNCCN1Cc1noc(Cc2ccccc2)n1.Cl. The van der Waals surface area contributed by atoms with E-state index in [1.165, 1.54) is 5.56 Å². The molecule has 1 fully saturated rings. The third-order valence-electron chi connectivity index (χ3n) is 3.69. The van der Waals surface area contributed by atoms with Gasteiger partial charge < -0.3 is 9.84 Å². The highest BCUT2D eigenvalue weighted by Crippen LogP contribution is 2.10. The zero-order chi connectivity index (χ0) is 13.8. The summed E-state index contributed by atoms with van der Waals surface area (Å²) in [7, 11) is 0. The van der Waals surface area contributed by atoms with E-state index in [-0.39, 0.29) is 12.4 Å². The topological polar surface area (TPSA) is 54.2 Å². The van der Waals surface area contributed by atoms with Gasteiger partial charge in [-0.25, -0.2) is 0 Å². The monoisotopic (exact) mass is 308 g/mol. The molecule has 1 aromatic carbocycles. The molecule has 1 aliphatic rings. The first kappa shape index (κ1) is 15.9. The third kappa shape index (κ3) is 4.27. The Hall–Kier alpha value is -1.43. The highest BCUT2D eigenvalue weighted by molar-refractivity contribution is 5.85. The van der Waals surface area contributed by atoms with Crippen molar-refractivity contribution >= 4 is 12.4 Å². The lowest BCUT2D eigenvalue weighted by Crippen LogP contribution is -2.49. The van der Waals surface area contributed by atoms with Crippen molar-refractivity contribution in [3.05, 3.63) is 47.6 Å². The summed E-state index contributed by atoms with van der Waals surface area (Å²) < 4.78 is 5.34. The van der Waals surface area contributed by atoms with Gasteiger partial charge in [0.15, 0.2) is 5.82 Å². The van der Waals surface area contributed by atoms with Gasteiger partial charge in [0.05, 0.1) is 13.0 Å². The van der Waals surface area contributed by atoms with Crippen LogP contribution in [0, 0.1) is 0 Å². The van der Waals surface area contributed by atoms with Gasteiger partial charge in [0.25, 0.3) is 0 Å². The second kappa shape index (κ2) is 7.54. The van der Waals surface area contributed by atoms with Gasteiger partial charge in [-0.2, -0.15) is 4.98 Å². The van der Waals surface area contributed by atoms with Crippen molar-refractivity contribution in [2.75, 3.05) is 19.6 Å². The van der Waals surface area contributed by atoms with Crippen molar-refractivity contribution in [3.8, 4) is 0 Å². The molecule has 0 unspecified atom stereocenters. The molecule has 0 saturated carbocycles. The maximum Gasteiger partial charge on any atom is 0.231 e. The Kier molecular flexibility index (Phi) is 5.73. The Morgan fingerprint density at radius 2 is 2.14 bits per heavy atom. The highest BCUT2D eigenvalue weighted by Gasteiger charge is 2.20. The molecule has 3 rings (SSSR count). The molecule has 2 heterocycles. The van der Waals surface area contributed by atoms with Gasteiger partial charge in [0.2, 0.25) is 5.89 Å². The molecule has 1 aromatic heterocycles. The van der Waals surface area contributed by atoms with Gasteiger partial charge in [-0.1, -0.05) is 35.5 Å². The number of rotatable bonds is 4. The molecule has 114 valence electrons. The molecule has 0 spiro atoms. The lowest BCUT2D eigenvalue weighted by Gasteiger charge is -2.32. The molecule has 1 saturated heterocycles. The molecule has 6 heteroatoms. The number of hydrogen-bond acceptors (Lipinski definition) is 5. The molecular formula is C15H21ClN4O.